The molecular weight excluding hydrogens is 180 g/mol. The Bertz CT molecular complexity index is 482. The number of hydrogen-bond acceptors (Lipinski definition) is 4. The van der Waals surface area contributed by atoms with Crippen molar-refractivity contribution in [3.05, 3.63) is 36.0 Å². The van der Waals surface area contributed by atoms with Gasteiger partial charge in [-0.05, 0) is 18.2 Å². The second-order valence-electron chi connectivity index (χ2n) is 2.80. The molecule has 1 heterocycles. The molecule has 0 fully saturated rings. The number of carbonyl (C=O) groups excluding carboxylic acids is 1. The molecule has 0 bridgehead atoms. The number of methoxy groups -OCH3 is 1. The average molecular weight is 188 g/mol. The van der Waals surface area contributed by atoms with Crippen LogP contribution in [0.2, 0.25) is 0 Å². The summed E-state index contributed by atoms with van der Waals surface area (Å²) >= 11 is 0. The Morgan fingerprint density at radius 3 is 3.00 bits per heavy atom. The molecule has 0 spiro atoms. The summed E-state index contributed by atoms with van der Waals surface area (Å²) in [5, 5.41) is 8.59. The summed E-state index contributed by atoms with van der Waals surface area (Å²) < 4.78 is 4.60. The Morgan fingerprint density at radius 2 is 2.21 bits per heavy atom. The van der Waals surface area contributed by atoms with Crippen LogP contribution in [0, 0.1) is 0 Å². The topological polar surface area (TPSA) is 52.1 Å². The van der Waals surface area contributed by atoms with Crippen molar-refractivity contribution < 1.29 is 9.53 Å². The number of aromatic nitrogens is 2. The second-order valence-corrected chi connectivity index (χ2v) is 2.80. The van der Waals surface area contributed by atoms with Gasteiger partial charge in [0.15, 0.2) is 0 Å². The van der Waals surface area contributed by atoms with Gasteiger partial charge in [0.05, 0.1) is 24.4 Å². The highest BCUT2D eigenvalue weighted by Gasteiger charge is 2.05. The fourth-order valence-electron chi connectivity index (χ4n) is 1.23. The molecule has 4 nitrogen and oxygen atoms in total. The van der Waals surface area contributed by atoms with E-state index in [1.807, 2.05) is 12.1 Å². The van der Waals surface area contributed by atoms with E-state index in [1.54, 1.807) is 18.3 Å². The molecule has 1 aromatic heterocycles. The molecular formula is C10H8N2O2. The van der Waals surface area contributed by atoms with Crippen LogP contribution in [0.5, 0.6) is 0 Å². The van der Waals surface area contributed by atoms with E-state index in [2.05, 4.69) is 14.9 Å². The zero-order valence-corrected chi connectivity index (χ0v) is 7.60. The standard InChI is InChI=1S/C10H8N2O2/c1-14-10(13)8-3-2-7-4-5-11-12-9(7)6-8/h2-6H,1H3. The minimum atomic E-state index is -0.363. The van der Waals surface area contributed by atoms with Crippen LogP contribution in [-0.4, -0.2) is 23.3 Å². The molecule has 0 atom stereocenters. The zero-order valence-electron chi connectivity index (χ0n) is 7.60. The molecule has 0 aliphatic rings. The Kier molecular flexibility index (Phi) is 2.10. The zero-order chi connectivity index (χ0) is 9.97. The van der Waals surface area contributed by atoms with Crippen LogP contribution < -0.4 is 0 Å². The van der Waals surface area contributed by atoms with E-state index < -0.39 is 0 Å². The molecule has 0 amide bonds. The molecule has 70 valence electrons. The molecule has 0 N–H and O–H groups in total. The highest BCUT2D eigenvalue weighted by Crippen LogP contribution is 2.12. The number of carbonyl (C=O) groups is 1. The monoisotopic (exact) mass is 188 g/mol. The van der Waals surface area contributed by atoms with Crippen LogP contribution in [0.25, 0.3) is 10.9 Å². The first kappa shape index (κ1) is 8.62. The minimum Gasteiger partial charge on any atom is -0.465 e. The summed E-state index contributed by atoms with van der Waals surface area (Å²) in [5.41, 5.74) is 1.18. The Labute approximate surface area is 80.5 Å². The normalized spacial score (nSPS) is 10.1. The van der Waals surface area contributed by atoms with Gasteiger partial charge >= 0.3 is 5.97 Å². The summed E-state index contributed by atoms with van der Waals surface area (Å²) in [6.07, 6.45) is 1.61. The van der Waals surface area contributed by atoms with Crippen molar-refractivity contribution in [1.82, 2.24) is 10.2 Å². The van der Waals surface area contributed by atoms with E-state index in [0.717, 1.165) is 5.39 Å². The molecule has 2 rings (SSSR count). The van der Waals surface area contributed by atoms with Crippen LogP contribution in [0.3, 0.4) is 0 Å². The highest BCUT2D eigenvalue weighted by molar-refractivity contribution is 5.93. The average Bonchev–Trinajstić information content (AvgIpc) is 2.27. The first-order valence-electron chi connectivity index (χ1n) is 4.11. The maximum absolute atomic E-state index is 11.2. The summed E-state index contributed by atoms with van der Waals surface area (Å²) in [7, 11) is 1.35. The summed E-state index contributed by atoms with van der Waals surface area (Å²) in [6.45, 7) is 0. The fourth-order valence-corrected chi connectivity index (χ4v) is 1.23. The lowest BCUT2D eigenvalue weighted by Gasteiger charge is -1.99. The van der Waals surface area contributed by atoms with Gasteiger partial charge in [0.25, 0.3) is 0 Å². The Hall–Kier alpha value is -1.97. The molecule has 2 aromatic rings. The predicted molar refractivity (Wildman–Crippen MR) is 50.9 cm³/mol. The fraction of sp³-hybridized carbons (Fsp3) is 0.100. The first-order valence-corrected chi connectivity index (χ1v) is 4.11. The molecule has 0 radical (unpaired) electrons. The van der Waals surface area contributed by atoms with Gasteiger partial charge in [-0.2, -0.15) is 10.2 Å². The van der Waals surface area contributed by atoms with Crippen LogP contribution in [0.1, 0.15) is 10.4 Å². The van der Waals surface area contributed by atoms with Crippen molar-refractivity contribution in [2.75, 3.05) is 7.11 Å². The van der Waals surface area contributed by atoms with E-state index in [0.29, 0.717) is 11.1 Å². The van der Waals surface area contributed by atoms with E-state index in [9.17, 15) is 4.79 Å². The molecule has 1 aromatic carbocycles. The first-order chi connectivity index (χ1) is 6.81. The number of esters is 1. The summed E-state index contributed by atoms with van der Waals surface area (Å²) in [6, 6.07) is 7.02. The van der Waals surface area contributed by atoms with Crippen molar-refractivity contribution in [3.8, 4) is 0 Å². The van der Waals surface area contributed by atoms with Crippen molar-refractivity contribution in [2.24, 2.45) is 0 Å². The summed E-state index contributed by atoms with van der Waals surface area (Å²) in [4.78, 5) is 11.2. The smallest absolute Gasteiger partial charge is 0.337 e. The molecule has 0 aliphatic heterocycles. The maximum Gasteiger partial charge on any atom is 0.337 e. The third kappa shape index (κ3) is 1.42. The van der Waals surface area contributed by atoms with Gasteiger partial charge in [0.1, 0.15) is 0 Å². The Morgan fingerprint density at radius 1 is 1.36 bits per heavy atom. The van der Waals surface area contributed by atoms with Gasteiger partial charge in [-0.3, -0.25) is 0 Å². The van der Waals surface area contributed by atoms with Gasteiger partial charge in [-0.1, -0.05) is 6.07 Å². The number of ether oxygens (including phenoxy) is 1. The number of fused-ring (bicyclic) bond motifs is 1. The highest BCUT2D eigenvalue weighted by atomic mass is 16.5. The molecule has 0 unspecified atom stereocenters. The quantitative estimate of drug-likeness (QED) is 0.635. The third-order valence-corrected chi connectivity index (χ3v) is 1.94. The predicted octanol–water partition coefficient (Wildman–Crippen LogP) is 1.42. The largest absolute Gasteiger partial charge is 0.465 e. The van der Waals surface area contributed by atoms with Crippen molar-refractivity contribution in [2.45, 2.75) is 0 Å². The Balaban J connectivity index is 2.56. The van der Waals surface area contributed by atoms with Crippen molar-refractivity contribution in [1.29, 1.82) is 0 Å². The van der Waals surface area contributed by atoms with Crippen LogP contribution in [-0.2, 0) is 4.74 Å². The SMILES string of the molecule is COC(=O)c1ccc2ccnnc2c1. The van der Waals surface area contributed by atoms with Crippen LogP contribution >= 0.6 is 0 Å². The lowest BCUT2D eigenvalue weighted by molar-refractivity contribution is 0.0601. The number of nitrogens with zero attached hydrogens (tertiary/aromatic N) is 2. The van der Waals surface area contributed by atoms with Gasteiger partial charge in [0, 0.05) is 5.39 Å². The van der Waals surface area contributed by atoms with Gasteiger partial charge in [-0.25, -0.2) is 4.79 Å². The van der Waals surface area contributed by atoms with Gasteiger partial charge in [0.2, 0.25) is 0 Å². The molecule has 4 heteroatoms. The number of rotatable bonds is 1. The molecule has 0 saturated carbocycles. The van der Waals surface area contributed by atoms with Gasteiger partial charge < -0.3 is 4.74 Å². The van der Waals surface area contributed by atoms with Crippen LogP contribution in [0.4, 0.5) is 0 Å². The van der Waals surface area contributed by atoms with E-state index in [4.69, 9.17) is 0 Å². The second kappa shape index (κ2) is 3.41. The van der Waals surface area contributed by atoms with Gasteiger partial charge in [-0.15, -0.1) is 0 Å². The number of hydrogen-bond donors (Lipinski definition) is 0. The van der Waals surface area contributed by atoms with Crippen molar-refractivity contribution >= 4 is 16.9 Å². The van der Waals surface area contributed by atoms with Crippen molar-refractivity contribution in [3.63, 3.8) is 0 Å². The molecule has 0 aliphatic carbocycles. The molecule has 0 saturated heterocycles. The molecule has 14 heavy (non-hydrogen) atoms. The van der Waals surface area contributed by atoms with E-state index >= 15 is 0 Å². The van der Waals surface area contributed by atoms with E-state index in [-0.39, 0.29) is 5.97 Å². The minimum absolute atomic E-state index is 0.363. The lowest BCUT2D eigenvalue weighted by Crippen LogP contribution is -2.00. The summed E-state index contributed by atoms with van der Waals surface area (Å²) in [5.74, 6) is -0.363. The third-order valence-electron chi connectivity index (χ3n) is 1.94. The number of benzene rings is 1. The van der Waals surface area contributed by atoms with Crippen LogP contribution in [0.15, 0.2) is 30.5 Å². The van der Waals surface area contributed by atoms with E-state index in [1.165, 1.54) is 7.11 Å². The lowest BCUT2D eigenvalue weighted by atomic mass is 10.1. The maximum atomic E-state index is 11.2.